The molecule has 114 valence electrons. The van der Waals surface area contributed by atoms with E-state index in [0.717, 1.165) is 16.8 Å². The number of aryl methyl sites for hydroxylation is 1. The Hall–Kier alpha value is -2.06. The van der Waals surface area contributed by atoms with Gasteiger partial charge < -0.3 is 4.90 Å². The van der Waals surface area contributed by atoms with Gasteiger partial charge in [0.15, 0.2) is 0 Å². The molecule has 1 saturated heterocycles. The molecule has 3 rings (SSSR count). The Balaban J connectivity index is 1.89. The number of alkyl halides is 1. The summed E-state index contributed by atoms with van der Waals surface area (Å²) in [6.45, 7) is 1.34. The van der Waals surface area contributed by atoms with Crippen molar-refractivity contribution >= 4 is 17.3 Å². The molecule has 0 aliphatic carbocycles. The second-order valence-corrected chi connectivity index (χ2v) is 5.73. The third-order valence-corrected chi connectivity index (χ3v) is 3.87. The van der Waals surface area contributed by atoms with Gasteiger partial charge >= 0.3 is 0 Å². The van der Waals surface area contributed by atoms with E-state index in [1.165, 1.54) is 0 Å². The average molecular weight is 319 g/mol. The van der Waals surface area contributed by atoms with Gasteiger partial charge in [0.1, 0.15) is 11.3 Å². The zero-order valence-corrected chi connectivity index (χ0v) is 13.0. The zero-order valence-electron chi connectivity index (χ0n) is 12.3. The van der Waals surface area contributed by atoms with Gasteiger partial charge in [0.05, 0.1) is 23.0 Å². The maximum Gasteiger partial charge on any atom is 0.131 e. The van der Waals surface area contributed by atoms with Gasteiger partial charge in [-0.3, -0.25) is 4.68 Å². The molecule has 0 atom stereocenters. The zero-order chi connectivity index (χ0) is 15.5. The predicted octanol–water partition coefficient (Wildman–Crippen LogP) is 2.81. The molecule has 0 aromatic carbocycles. The summed E-state index contributed by atoms with van der Waals surface area (Å²) in [5, 5.41) is 4.51. The molecule has 3 heterocycles. The maximum absolute atomic E-state index is 13.3. The van der Waals surface area contributed by atoms with E-state index in [-0.39, 0.29) is 0 Å². The summed E-state index contributed by atoms with van der Waals surface area (Å²) >= 11 is 6.01. The summed E-state index contributed by atoms with van der Waals surface area (Å²) < 4.78 is 15.0. The molecule has 0 saturated carbocycles. The molecule has 4 nitrogen and oxygen atoms in total. The minimum Gasteiger partial charge on any atom is -0.370 e. The summed E-state index contributed by atoms with van der Waals surface area (Å²) in [5.41, 5.74) is 2.56. The SMILES string of the molecule is Cn1cc(C#Cc2cnc(Cl)cc2N2CCC(F)CC2)cn1. The van der Waals surface area contributed by atoms with E-state index in [9.17, 15) is 4.39 Å². The molecule has 22 heavy (non-hydrogen) atoms. The molecule has 6 heteroatoms. The number of aromatic nitrogens is 3. The van der Waals surface area contributed by atoms with Crippen molar-refractivity contribution in [2.75, 3.05) is 18.0 Å². The fourth-order valence-electron chi connectivity index (χ4n) is 2.49. The lowest BCUT2D eigenvalue weighted by atomic mass is 10.1. The molecule has 0 bridgehead atoms. The Morgan fingerprint density at radius 2 is 2.05 bits per heavy atom. The van der Waals surface area contributed by atoms with Crippen molar-refractivity contribution in [3.63, 3.8) is 0 Å². The number of nitrogens with zero attached hydrogens (tertiary/aromatic N) is 4. The van der Waals surface area contributed by atoms with Gasteiger partial charge in [0.25, 0.3) is 0 Å². The lowest BCUT2D eigenvalue weighted by Crippen LogP contribution is -2.34. The largest absolute Gasteiger partial charge is 0.370 e. The molecular formula is C16H16ClFN4. The lowest BCUT2D eigenvalue weighted by molar-refractivity contribution is 0.277. The van der Waals surface area contributed by atoms with Crippen molar-refractivity contribution < 1.29 is 4.39 Å². The number of anilines is 1. The number of hydrogen-bond acceptors (Lipinski definition) is 3. The summed E-state index contributed by atoms with van der Waals surface area (Å²) in [7, 11) is 1.85. The van der Waals surface area contributed by atoms with E-state index >= 15 is 0 Å². The van der Waals surface area contributed by atoms with Gasteiger partial charge in [-0.25, -0.2) is 9.37 Å². The smallest absolute Gasteiger partial charge is 0.131 e. The molecule has 0 spiro atoms. The van der Waals surface area contributed by atoms with Crippen LogP contribution in [0.5, 0.6) is 0 Å². The molecule has 0 N–H and O–H groups in total. The van der Waals surface area contributed by atoms with Crippen LogP contribution in [0.3, 0.4) is 0 Å². The van der Waals surface area contributed by atoms with Crippen LogP contribution in [0.2, 0.25) is 5.15 Å². The minimum absolute atomic E-state index is 0.421. The quantitative estimate of drug-likeness (QED) is 0.599. The van der Waals surface area contributed by atoms with Crippen molar-refractivity contribution in [2.24, 2.45) is 7.05 Å². The van der Waals surface area contributed by atoms with Gasteiger partial charge in [0, 0.05) is 38.6 Å². The number of pyridine rings is 1. The Labute approximate surface area is 133 Å². The molecule has 2 aromatic rings. The predicted molar refractivity (Wildman–Crippen MR) is 84.8 cm³/mol. The first-order valence-corrected chi connectivity index (χ1v) is 7.55. The summed E-state index contributed by atoms with van der Waals surface area (Å²) in [6.07, 6.45) is 5.60. The fraction of sp³-hybridized carbons (Fsp3) is 0.375. The second-order valence-electron chi connectivity index (χ2n) is 5.34. The highest BCUT2D eigenvalue weighted by Gasteiger charge is 2.20. The van der Waals surface area contributed by atoms with Crippen molar-refractivity contribution in [1.29, 1.82) is 0 Å². The van der Waals surface area contributed by atoms with Gasteiger partial charge in [-0.1, -0.05) is 23.4 Å². The van der Waals surface area contributed by atoms with E-state index in [1.807, 2.05) is 13.2 Å². The van der Waals surface area contributed by atoms with Crippen LogP contribution < -0.4 is 4.90 Å². The van der Waals surface area contributed by atoms with Crippen LogP contribution in [0, 0.1) is 11.8 Å². The van der Waals surface area contributed by atoms with E-state index in [1.54, 1.807) is 23.1 Å². The average Bonchev–Trinajstić information content (AvgIpc) is 2.92. The topological polar surface area (TPSA) is 34.0 Å². The van der Waals surface area contributed by atoms with Crippen molar-refractivity contribution in [3.8, 4) is 11.8 Å². The highest BCUT2D eigenvalue weighted by Crippen LogP contribution is 2.26. The van der Waals surface area contributed by atoms with Crippen LogP contribution in [0.25, 0.3) is 0 Å². The Morgan fingerprint density at radius 1 is 1.27 bits per heavy atom. The Morgan fingerprint density at radius 3 is 2.73 bits per heavy atom. The van der Waals surface area contributed by atoms with Crippen LogP contribution >= 0.6 is 11.6 Å². The molecule has 0 radical (unpaired) electrons. The van der Waals surface area contributed by atoms with E-state index < -0.39 is 6.17 Å². The third-order valence-electron chi connectivity index (χ3n) is 3.66. The normalized spacial score (nSPS) is 15.5. The van der Waals surface area contributed by atoms with Crippen LogP contribution in [0.4, 0.5) is 10.1 Å². The Kier molecular flexibility index (Phi) is 4.30. The maximum atomic E-state index is 13.3. The Bertz CT molecular complexity index is 723. The number of piperidine rings is 1. The highest BCUT2D eigenvalue weighted by atomic mass is 35.5. The summed E-state index contributed by atoms with van der Waals surface area (Å²) in [5.74, 6) is 6.19. The van der Waals surface area contributed by atoms with Crippen LogP contribution in [-0.4, -0.2) is 34.0 Å². The van der Waals surface area contributed by atoms with Crippen molar-refractivity contribution in [1.82, 2.24) is 14.8 Å². The molecule has 0 amide bonds. The van der Waals surface area contributed by atoms with Gasteiger partial charge in [-0.05, 0) is 12.8 Å². The first-order chi connectivity index (χ1) is 10.6. The van der Waals surface area contributed by atoms with Crippen LogP contribution in [0.1, 0.15) is 24.0 Å². The molecular weight excluding hydrogens is 303 g/mol. The monoisotopic (exact) mass is 318 g/mol. The standard InChI is InChI=1S/C16H16ClFN4/c1-21-11-12(9-20-21)2-3-13-10-19-16(17)8-15(13)22-6-4-14(18)5-7-22/h8-11,14H,4-7H2,1H3. The molecule has 2 aromatic heterocycles. The lowest BCUT2D eigenvalue weighted by Gasteiger charge is -2.31. The fourth-order valence-corrected chi connectivity index (χ4v) is 2.64. The number of halogens is 2. The number of hydrogen-bond donors (Lipinski definition) is 0. The minimum atomic E-state index is -0.710. The van der Waals surface area contributed by atoms with E-state index in [2.05, 4.69) is 26.8 Å². The van der Waals surface area contributed by atoms with E-state index in [0.29, 0.717) is 31.1 Å². The molecule has 1 fully saturated rings. The summed E-state index contributed by atoms with van der Waals surface area (Å²) in [4.78, 5) is 6.23. The van der Waals surface area contributed by atoms with Crippen molar-refractivity contribution in [3.05, 3.63) is 40.9 Å². The number of rotatable bonds is 1. The highest BCUT2D eigenvalue weighted by molar-refractivity contribution is 6.29. The first-order valence-electron chi connectivity index (χ1n) is 7.17. The molecule has 1 aliphatic heterocycles. The van der Waals surface area contributed by atoms with Gasteiger partial charge in [0.2, 0.25) is 0 Å². The molecule has 0 unspecified atom stereocenters. The molecule has 1 aliphatic rings. The third kappa shape index (κ3) is 3.40. The summed E-state index contributed by atoms with van der Waals surface area (Å²) in [6, 6.07) is 1.80. The second kappa shape index (κ2) is 6.37. The van der Waals surface area contributed by atoms with E-state index in [4.69, 9.17) is 11.6 Å². The van der Waals surface area contributed by atoms with Crippen LogP contribution in [-0.2, 0) is 7.05 Å². The van der Waals surface area contributed by atoms with Crippen LogP contribution in [0.15, 0.2) is 24.7 Å². The van der Waals surface area contributed by atoms with Gasteiger partial charge in [-0.15, -0.1) is 0 Å². The van der Waals surface area contributed by atoms with Gasteiger partial charge in [-0.2, -0.15) is 5.10 Å². The first kappa shape index (κ1) is 14.9. The van der Waals surface area contributed by atoms with Crippen molar-refractivity contribution in [2.45, 2.75) is 19.0 Å².